The summed E-state index contributed by atoms with van der Waals surface area (Å²) in [6, 6.07) is 2.56. The van der Waals surface area contributed by atoms with Gasteiger partial charge in [0.1, 0.15) is 4.90 Å². The molecule has 0 saturated carbocycles. The number of esters is 1. The maximum atomic E-state index is 11.9. The summed E-state index contributed by atoms with van der Waals surface area (Å²) in [6.07, 6.45) is 0. The van der Waals surface area contributed by atoms with Crippen LogP contribution in [0.2, 0.25) is 0 Å². The minimum absolute atomic E-state index is 0.0420. The summed E-state index contributed by atoms with van der Waals surface area (Å²) in [6.45, 7) is 4.03. The van der Waals surface area contributed by atoms with Crippen molar-refractivity contribution in [1.82, 2.24) is 0 Å². The van der Waals surface area contributed by atoms with Crippen LogP contribution in [0.1, 0.15) is 24.2 Å². The highest BCUT2D eigenvalue weighted by atomic mass is 79.9. The van der Waals surface area contributed by atoms with Crippen molar-refractivity contribution in [1.29, 1.82) is 0 Å². The summed E-state index contributed by atoms with van der Waals surface area (Å²) in [5.74, 6) is -0.402. The van der Waals surface area contributed by atoms with E-state index in [0.29, 0.717) is 4.47 Å². The van der Waals surface area contributed by atoms with E-state index in [-0.39, 0.29) is 28.7 Å². The molecule has 112 valence electrons. The minimum atomic E-state index is -4.05. The Morgan fingerprint density at radius 2 is 2.00 bits per heavy atom. The summed E-state index contributed by atoms with van der Waals surface area (Å²) in [7, 11) is 2.60. The van der Waals surface area contributed by atoms with Gasteiger partial charge in [-0.05, 0) is 34.0 Å². The molecule has 0 saturated heterocycles. The predicted octanol–water partition coefficient (Wildman–Crippen LogP) is 3.20. The van der Waals surface area contributed by atoms with Crippen LogP contribution in [0.15, 0.2) is 21.5 Å². The second-order valence-corrected chi connectivity index (χ2v) is 7.81. The Morgan fingerprint density at radius 3 is 2.45 bits per heavy atom. The number of halogens is 2. The van der Waals surface area contributed by atoms with E-state index in [9.17, 15) is 13.2 Å². The molecular formula is C12H14BrClO5S. The number of hydrogen-bond donors (Lipinski definition) is 0. The first-order valence-corrected chi connectivity index (χ1v) is 8.76. The van der Waals surface area contributed by atoms with Gasteiger partial charge in [0.05, 0.1) is 23.8 Å². The molecule has 0 aliphatic carbocycles. The van der Waals surface area contributed by atoms with Crippen LogP contribution in [-0.4, -0.2) is 28.1 Å². The van der Waals surface area contributed by atoms with Gasteiger partial charge in [-0.1, -0.05) is 13.8 Å². The molecule has 5 nitrogen and oxygen atoms in total. The third-order valence-electron chi connectivity index (χ3n) is 2.26. The summed E-state index contributed by atoms with van der Waals surface area (Å²) in [5, 5.41) is 0. The summed E-state index contributed by atoms with van der Waals surface area (Å²) in [4.78, 5) is 11.6. The SMILES string of the molecule is COc1c(Br)cc(C(=O)OCC(C)C)cc1S(=O)(=O)Cl. The zero-order chi connectivity index (χ0) is 15.5. The van der Waals surface area contributed by atoms with Crippen LogP contribution >= 0.6 is 26.6 Å². The first-order chi connectivity index (χ1) is 9.16. The lowest BCUT2D eigenvalue weighted by molar-refractivity contribution is 0.0458. The summed E-state index contributed by atoms with van der Waals surface area (Å²) < 4.78 is 33.4. The maximum absolute atomic E-state index is 11.9. The maximum Gasteiger partial charge on any atom is 0.338 e. The Kier molecular flexibility index (Phi) is 5.85. The van der Waals surface area contributed by atoms with Crippen molar-refractivity contribution in [2.24, 2.45) is 5.92 Å². The number of carbonyl (C=O) groups excluding carboxylic acids is 1. The van der Waals surface area contributed by atoms with E-state index >= 15 is 0 Å². The Bertz CT molecular complexity index is 613. The first kappa shape index (κ1) is 17.3. The van der Waals surface area contributed by atoms with E-state index in [4.69, 9.17) is 20.2 Å². The molecule has 0 heterocycles. The average molecular weight is 386 g/mol. The predicted molar refractivity (Wildman–Crippen MR) is 78.9 cm³/mol. The number of benzene rings is 1. The molecule has 0 N–H and O–H groups in total. The van der Waals surface area contributed by atoms with Crippen LogP contribution in [0, 0.1) is 5.92 Å². The van der Waals surface area contributed by atoms with E-state index in [1.54, 1.807) is 0 Å². The molecule has 1 aromatic carbocycles. The molecule has 1 aromatic rings. The molecular weight excluding hydrogens is 372 g/mol. The lowest BCUT2D eigenvalue weighted by Gasteiger charge is -2.11. The van der Waals surface area contributed by atoms with Gasteiger partial charge in [0.15, 0.2) is 5.75 Å². The van der Waals surface area contributed by atoms with E-state index in [1.807, 2.05) is 13.8 Å². The molecule has 0 radical (unpaired) electrons. The average Bonchev–Trinajstić information content (AvgIpc) is 2.33. The van der Waals surface area contributed by atoms with E-state index in [0.717, 1.165) is 6.07 Å². The number of carbonyl (C=O) groups is 1. The van der Waals surface area contributed by atoms with Crippen LogP contribution in [0.25, 0.3) is 0 Å². The first-order valence-electron chi connectivity index (χ1n) is 5.66. The van der Waals surface area contributed by atoms with Crippen molar-refractivity contribution < 1.29 is 22.7 Å². The van der Waals surface area contributed by atoms with E-state index in [1.165, 1.54) is 13.2 Å². The van der Waals surface area contributed by atoms with Crippen LogP contribution in [0.3, 0.4) is 0 Å². The topological polar surface area (TPSA) is 69.7 Å². The Morgan fingerprint density at radius 1 is 1.40 bits per heavy atom. The van der Waals surface area contributed by atoms with Crippen LogP contribution in [0.5, 0.6) is 5.75 Å². The van der Waals surface area contributed by atoms with Gasteiger partial charge in [0.2, 0.25) is 0 Å². The standard InChI is InChI=1S/C12H14BrClO5S/c1-7(2)6-19-12(15)8-4-9(13)11(18-3)10(5-8)20(14,16)17/h4-5,7H,6H2,1-3H3. The van der Waals surface area contributed by atoms with Crippen LogP contribution in [0.4, 0.5) is 0 Å². The summed E-state index contributed by atoms with van der Waals surface area (Å²) in [5.41, 5.74) is 0.0811. The fraction of sp³-hybridized carbons (Fsp3) is 0.417. The molecule has 0 atom stereocenters. The zero-order valence-corrected chi connectivity index (χ0v) is 14.3. The van der Waals surface area contributed by atoms with Crippen molar-refractivity contribution in [2.75, 3.05) is 13.7 Å². The molecule has 0 aromatic heterocycles. The quantitative estimate of drug-likeness (QED) is 0.575. The molecule has 0 aliphatic rings. The molecule has 0 spiro atoms. The summed E-state index contributed by atoms with van der Waals surface area (Å²) >= 11 is 3.14. The largest absolute Gasteiger partial charge is 0.494 e. The fourth-order valence-electron chi connectivity index (χ4n) is 1.39. The second kappa shape index (κ2) is 6.78. The van der Waals surface area contributed by atoms with Gasteiger partial charge < -0.3 is 9.47 Å². The van der Waals surface area contributed by atoms with Gasteiger partial charge in [-0.2, -0.15) is 0 Å². The Hall–Kier alpha value is -0.790. The molecule has 0 fully saturated rings. The zero-order valence-electron chi connectivity index (χ0n) is 11.1. The van der Waals surface area contributed by atoms with Gasteiger partial charge in [0, 0.05) is 10.7 Å². The molecule has 0 amide bonds. The number of hydrogen-bond acceptors (Lipinski definition) is 5. The molecule has 0 bridgehead atoms. The number of methoxy groups -OCH3 is 1. The highest BCUT2D eigenvalue weighted by Gasteiger charge is 2.23. The lowest BCUT2D eigenvalue weighted by Crippen LogP contribution is -2.11. The fourth-order valence-corrected chi connectivity index (χ4v) is 3.17. The van der Waals surface area contributed by atoms with Crippen molar-refractivity contribution in [3.8, 4) is 5.75 Å². The normalized spacial score (nSPS) is 11.5. The monoisotopic (exact) mass is 384 g/mol. The molecule has 8 heteroatoms. The van der Waals surface area contributed by atoms with E-state index < -0.39 is 15.0 Å². The van der Waals surface area contributed by atoms with E-state index in [2.05, 4.69) is 15.9 Å². The van der Waals surface area contributed by atoms with Crippen LogP contribution < -0.4 is 4.74 Å². The Labute approximate surface area is 130 Å². The van der Waals surface area contributed by atoms with Gasteiger partial charge in [0.25, 0.3) is 9.05 Å². The number of rotatable bonds is 5. The Balaban J connectivity index is 3.25. The van der Waals surface area contributed by atoms with Gasteiger partial charge in [-0.3, -0.25) is 0 Å². The van der Waals surface area contributed by atoms with Crippen molar-refractivity contribution in [3.05, 3.63) is 22.2 Å². The highest BCUT2D eigenvalue weighted by molar-refractivity contribution is 9.10. The second-order valence-electron chi connectivity index (χ2n) is 4.42. The third-order valence-corrected chi connectivity index (χ3v) is 4.18. The third kappa shape index (κ3) is 4.36. The molecule has 0 unspecified atom stereocenters. The highest BCUT2D eigenvalue weighted by Crippen LogP contribution is 2.35. The van der Waals surface area contributed by atoms with Gasteiger partial charge in [-0.25, -0.2) is 13.2 Å². The smallest absolute Gasteiger partial charge is 0.338 e. The van der Waals surface area contributed by atoms with Crippen molar-refractivity contribution in [2.45, 2.75) is 18.7 Å². The molecule has 0 aliphatic heterocycles. The molecule has 20 heavy (non-hydrogen) atoms. The van der Waals surface area contributed by atoms with Crippen molar-refractivity contribution in [3.63, 3.8) is 0 Å². The number of ether oxygens (including phenoxy) is 2. The van der Waals surface area contributed by atoms with Crippen LogP contribution in [-0.2, 0) is 13.8 Å². The lowest BCUT2D eigenvalue weighted by atomic mass is 10.2. The molecule has 1 rings (SSSR count). The minimum Gasteiger partial charge on any atom is -0.494 e. The van der Waals surface area contributed by atoms with Gasteiger partial charge in [-0.15, -0.1) is 0 Å². The van der Waals surface area contributed by atoms with Crippen molar-refractivity contribution >= 4 is 41.6 Å². The van der Waals surface area contributed by atoms with Gasteiger partial charge >= 0.3 is 5.97 Å².